The van der Waals surface area contributed by atoms with E-state index in [1.54, 1.807) is 16.6 Å². The van der Waals surface area contributed by atoms with Crippen molar-refractivity contribution in [2.45, 2.75) is 19.9 Å². The molecule has 0 spiro atoms. The number of rotatable bonds is 4. The Balaban J connectivity index is 1.86. The zero-order valence-electron chi connectivity index (χ0n) is 14.5. The summed E-state index contributed by atoms with van der Waals surface area (Å²) in [7, 11) is 1.78. The molecule has 4 nitrogen and oxygen atoms in total. The third-order valence-corrected chi connectivity index (χ3v) is 4.57. The molecule has 1 atom stereocenters. The molecule has 128 valence electrons. The standard InChI is InChI=1S/C20H20ClN3O/c1-14-12-19(22-24(14)18-10-5-4-6-11-18)20(25)23(3)15(2)16-8-7-9-17(21)13-16/h4-13,15H,1-3H3. The molecule has 1 aromatic heterocycles. The minimum Gasteiger partial charge on any atom is -0.334 e. The molecule has 2 aromatic carbocycles. The van der Waals surface area contributed by atoms with E-state index in [-0.39, 0.29) is 11.9 Å². The van der Waals surface area contributed by atoms with Gasteiger partial charge in [0.15, 0.2) is 5.69 Å². The maximum Gasteiger partial charge on any atom is 0.274 e. The molecular weight excluding hydrogens is 334 g/mol. The summed E-state index contributed by atoms with van der Waals surface area (Å²) in [6.45, 7) is 3.92. The van der Waals surface area contributed by atoms with Gasteiger partial charge in [-0.05, 0) is 49.7 Å². The minimum absolute atomic E-state index is 0.103. The lowest BCUT2D eigenvalue weighted by Crippen LogP contribution is -2.30. The van der Waals surface area contributed by atoms with Crippen LogP contribution in [0.4, 0.5) is 0 Å². The average Bonchev–Trinajstić information content (AvgIpc) is 3.02. The summed E-state index contributed by atoms with van der Waals surface area (Å²) in [6, 6.07) is 19.1. The number of benzene rings is 2. The maximum absolute atomic E-state index is 12.9. The summed E-state index contributed by atoms with van der Waals surface area (Å²) >= 11 is 6.06. The zero-order chi connectivity index (χ0) is 18.0. The number of carbonyl (C=O) groups is 1. The van der Waals surface area contributed by atoms with Crippen LogP contribution in [0.5, 0.6) is 0 Å². The smallest absolute Gasteiger partial charge is 0.274 e. The van der Waals surface area contributed by atoms with Gasteiger partial charge in [0.2, 0.25) is 0 Å². The Morgan fingerprint density at radius 2 is 1.84 bits per heavy atom. The van der Waals surface area contributed by atoms with E-state index in [1.807, 2.05) is 74.5 Å². The van der Waals surface area contributed by atoms with Gasteiger partial charge >= 0.3 is 0 Å². The van der Waals surface area contributed by atoms with E-state index in [1.165, 1.54) is 0 Å². The van der Waals surface area contributed by atoms with Gasteiger partial charge < -0.3 is 4.90 Å². The molecule has 25 heavy (non-hydrogen) atoms. The Hall–Kier alpha value is -2.59. The summed E-state index contributed by atoms with van der Waals surface area (Å²) in [5.74, 6) is -0.120. The number of aromatic nitrogens is 2. The summed E-state index contributed by atoms with van der Waals surface area (Å²) in [5.41, 5.74) is 3.27. The van der Waals surface area contributed by atoms with Crippen molar-refractivity contribution in [3.8, 4) is 5.69 Å². The van der Waals surface area contributed by atoms with Crippen LogP contribution in [0, 0.1) is 6.92 Å². The molecule has 0 aliphatic carbocycles. The van der Waals surface area contributed by atoms with Gasteiger partial charge in [-0.25, -0.2) is 4.68 Å². The first-order valence-corrected chi connectivity index (χ1v) is 8.50. The van der Waals surface area contributed by atoms with E-state index >= 15 is 0 Å². The predicted molar refractivity (Wildman–Crippen MR) is 100 cm³/mol. The van der Waals surface area contributed by atoms with Crippen molar-refractivity contribution in [2.75, 3.05) is 7.05 Å². The van der Waals surface area contributed by atoms with E-state index in [4.69, 9.17) is 11.6 Å². The van der Waals surface area contributed by atoms with Crippen molar-refractivity contribution >= 4 is 17.5 Å². The van der Waals surface area contributed by atoms with Crippen LogP contribution in [0.25, 0.3) is 5.69 Å². The lowest BCUT2D eigenvalue weighted by atomic mass is 10.1. The highest BCUT2D eigenvalue weighted by atomic mass is 35.5. The lowest BCUT2D eigenvalue weighted by molar-refractivity contribution is 0.0736. The second-order valence-electron chi connectivity index (χ2n) is 6.07. The molecule has 0 saturated carbocycles. The van der Waals surface area contributed by atoms with Gasteiger partial charge in [0.05, 0.1) is 11.7 Å². The van der Waals surface area contributed by atoms with Crippen molar-refractivity contribution in [3.63, 3.8) is 0 Å². The van der Waals surface area contributed by atoms with Crippen LogP contribution in [0.15, 0.2) is 60.7 Å². The normalized spacial score (nSPS) is 12.0. The molecular formula is C20H20ClN3O. The highest BCUT2D eigenvalue weighted by Crippen LogP contribution is 2.23. The van der Waals surface area contributed by atoms with Gasteiger partial charge in [0.1, 0.15) is 0 Å². The molecule has 0 N–H and O–H groups in total. The second-order valence-corrected chi connectivity index (χ2v) is 6.50. The van der Waals surface area contributed by atoms with E-state index in [9.17, 15) is 4.79 Å². The Morgan fingerprint density at radius 1 is 1.12 bits per heavy atom. The number of carbonyl (C=O) groups excluding carboxylic acids is 1. The van der Waals surface area contributed by atoms with Gasteiger partial charge in [-0.2, -0.15) is 5.10 Å². The first kappa shape index (κ1) is 17.2. The Morgan fingerprint density at radius 3 is 2.52 bits per heavy atom. The topological polar surface area (TPSA) is 38.1 Å². The molecule has 0 bridgehead atoms. The Bertz CT molecular complexity index is 889. The molecule has 5 heteroatoms. The first-order chi connectivity index (χ1) is 12.0. The quantitative estimate of drug-likeness (QED) is 0.683. The lowest BCUT2D eigenvalue weighted by Gasteiger charge is -2.24. The number of aryl methyl sites for hydroxylation is 1. The molecule has 0 fully saturated rings. The van der Waals surface area contributed by atoms with Crippen molar-refractivity contribution in [3.05, 3.63) is 82.6 Å². The Kier molecular flexibility index (Phi) is 4.91. The molecule has 1 heterocycles. The molecule has 0 radical (unpaired) electrons. The fourth-order valence-electron chi connectivity index (χ4n) is 2.76. The highest BCUT2D eigenvalue weighted by Gasteiger charge is 2.22. The van der Waals surface area contributed by atoms with Gasteiger partial charge in [0, 0.05) is 17.8 Å². The number of halogens is 1. The number of hydrogen-bond donors (Lipinski definition) is 0. The predicted octanol–water partition coefficient (Wildman–Crippen LogP) is 4.67. The molecule has 1 amide bonds. The molecule has 1 unspecified atom stereocenters. The molecule has 0 aliphatic heterocycles. The third-order valence-electron chi connectivity index (χ3n) is 4.34. The van der Waals surface area contributed by atoms with Crippen LogP contribution in [0.3, 0.4) is 0 Å². The summed E-state index contributed by atoms with van der Waals surface area (Å²) in [4.78, 5) is 14.5. The van der Waals surface area contributed by atoms with Crippen LogP contribution >= 0.6 is 11.6 Å². The van der Waals surface area contributed by atoms with Gasteiger partial charge in [-0.3, -0.25) is 4.79 Å². The second kappa shape index (κ2) is 7.11. The largest absolute Gasteiger partial charge is 0.334 e. The fourth-order valence-corrected chi connectivity index (χ4v) is 2.95. The number of amides is 1. The van der Waals surface area contributed by atoms with Crippen LogP contribution in [-0.2, 0) is 0 Å². The van der Waals surface area contributed by atoms with Crippen molar-refractivity contribution in [2.24, 2.45) is 0 Å². The highest BCUT2D eigenvalue weighted by molar-refractivity contribution is 6.30. The minimum atomic E-state index is -0.120. The summed E-state index contributed by atoms with van der Waals surface area (Å²) in [5, 5.41) is 5.16. The first-order valence-electron chi connectivity index (χ1n) is 8.12. The molecule has 3 rings (SSSR count). The van der Waals surface area contributed by atoms with Crippen LogP contribution in [0.2, 0.25) is 5.02 Å². The van der Waals surface area contributed by atoms with Crippen LogP contribution in [-0.4, -0.2) is 27.6 Å². The van der Waals surface area contributed by atoms with E-state index in [0.29, 0.717) is 10.7 Å². The third kappa shape index (κ3) is 3.59. The van der Waals surface area contributed by atoms with Crippen molar-refractivity contribution in [1.82, 2.24) is 14.7 Å². The van der Waals surface area contributed by atoms with Gasteiger partial charge in [0.25, 0.3) is 5.91 Å². The Labute approximate surface area is 152 Å². The van der Waals surface area contributed by atoms with E-state index < -0.39 is 0 Å². The van der Waals surface area contributed by atoms with Crippen molar-refractivity contribution in [1.29, 1.82) is 0 Å². The number of nitrogens with zero attached hydrogens (tertiary/aromatic N) is 3. The zero-order valence-corrected chi connectivity index (χ0v) is 15.2. The fraction of sp³-hybridized carbons (Fsp3) is 0.200. The molecule has 3 aromatic rings. The number of para-hydroxylation sites is 1. The van der Waals surface area contributed by atoms with E-state index in [0.717, 1.165) is 16.9 Å². The van der Waals surface area contributed by atoms with Crippen LogP contribution in [0.1, 0.15) is 34.7 Å². The van der Waals surface area contributed by atoms with E-state index in [2.05, 4.69) is 5.10 Å². The van der Waals surface area contributed by atoms with Crippen LogP contribution < -0.4 is 0 Å². The molecule has 0 saturated heterocycles. The monoisotopic (exact) mass is 353 g/mol. The summed E-state index contributed by atoms with van der Waals surface area (Å²) in [6.07, 6.45) is 0. The van der Waals surface area contributed by atoms with Gasteiger partial charge in [-0.1, -0.05) is 41.9 Å². The molecule has 0 aliphatic rings. The number of hydrogen-bond acceptors (Lipinski definition) is 2. The average molecular weight is 354 g/mol. The maximum atomic E-state index is 12.9. The van der Waals surface area contributed by atoms with Crippen molar-refractivity contribution < 1.29 is 4.79 Å². The van der Waals surface area contributed by atoms with Gasteiger partial charge in [-0.15, -0.1) is 0 Å². The SMILES string of the molecule is Cc1cc(C(=O)N(C)C(C)c2cccc(Cl)c2)nn1-c1ccccc1. The summed E-state index contributed by atoms with van der Waals surface area (Å²) < 4.78 is 1.78.